The van der Waals surface area contributed by atoms with Gasteiger partial charge in [-0.15, -0.1) is 0 Å². The summed E-state index contributed by atoms with van der Waals surface area (Å²) >= 11 is 0. The van der Waals surface area contributed by atoms with E-state index in [9.17, 15) is 4.79 Å². The van der Waals surface area contributed by atoms with E-state index >= 15 is 0 Å². The molecule has 1 aromatic carbocycles. The summed E-state index contributed by atoms with van der Waals surface area (Å²) in [6.07, 6.45) is 0. The molecule has 0 saturated heterocycles. The van der Waals surface area contributed by atoms with Gasteiger partial charge in [0.1, 0.15) is 5.69 Å². The molecule has 0 atom stereocenters. The average Bonchev–Trinajstić information content (AvgIpc) is 2.46. The Balaban J connectivity index is 2.18. The molecule has 2 rings (SSSR count). The van der Waals surface area contributed by atoms with Gasteiger partial charge in [0.2, 0.25) is 0 Å². The number of nitrogens with zero attached hydrogens (tertiary/aromatic N) is 3. The molecule has 2 N–H and O–H groups in total. The molecule has 0 amide bonds. The van der Waals surface area contributed by atoms with E-state index < -0.39 is 5.69 Å². The second kappa shape index (κ2) is 6.18. The molecule has 0 aliphatic heterocycles. The smallest absolute Gasteiger partial charge is 0.363 e. The van der Waals surface area contributed by atoms with Crippen LogP contribution in [0.1, 0.15) is 19.5 Å². The number of rotatable bonds is 5. The number of anilines is 3. The molecular weight excluding hydrogens is 254 g/mol. The fraction of sp³-hybridized carbons (Fsp3) is 0.357. The van der Waals surface area contributed by atoms with Gasteiger partial charge in [-0.2, -0.15) is 10.1 Å². The van der Waals surface area contributed by atoms with E-state index in [0.717, 1.165) is 18.8 Å². The van der Waals surface area contributed by atoms with Crippen LogP contribution in [-0.4, -0.2) is 28.3 Å². The SMILES string of the molecule is CCN(CC)c1ccc(Nc2nc(=O)[nH]nc2C)cc1. The maximum absolute atomic E-state index is 11.2. The Kier molecular flexibility index (Phi) is 4.34. The van der Waals surface area contributed by atoms with Gasteiger partial charge in [-0.3, -0.25) is 0 Å². The maximum atomic E-state index is 11.2. The largest absolute Gasteiger partial charge is 0.372 e. The second-order valence-corrected chi connectivity index (χ2v) is 4.42. The minimum absolute atomic E-state index is 0.460. The number of H-pyrrole nitrogens is 1. The van der Waals surface area contributed by atoms with Crippen molar-refractivity contribution >= 4 is 17.2 Å². The van der Waals surface area contributed by atoms with Crippen molar-refractivity contribution in [2.24, 2.45) is 0 Å². The minimum Gasteiger partial charge on any atom is -0.372 e. The lowest BCUT2D eigenvalue weighted by Gasteiger charge is -2.21. The highest BCUT2D eigenvalue weighted by atomic mass is 16.1. The molecule has 1 aromatic heterocycles. The molecule has 0 aliphatic carbocycles. The van der Waals surface area contributed by atoms with Crippen molar-refractivity contribution in [1.82, 2.24) is 15.2 Å². The van der Waals surface area contributed by atoms with Gasteiger partial charge < -0.3 is 10.2 Å². The normalized spacial score (nSPS) is 10.3. The molecule has 6 nitrogen and oxygen atoms in total. The van der Waals surface area contributed by atoms with Crippen molar-refractivity contribution in [2.45, 2.75) is 20.8 Å². The number of hydrogen-bond donors (Lipinski definition) is 2. The van der Waals surface area contributed by atoms with Crippen molar-refractivity contribution in [3.8, 4) is 0 Å². The summed E-state index contributed by atoms with van der Waals surface area (Å²) in [4.78, 5) is 17.3. The number of benzene rings is 1. The quantitative estimate of drug-likeness (QED) is 0.872. The van der Waals surface area contributed by atoms with Crippen LogP contribution >= 0.6 is 0 Å². The van der Waals surface area contributed by atoms with E-state index in [4.69, 9.17) is 0 Å². The highest BCUT2D eigenvalue weighted by molar-refractivity contribution is 5.61. The van der Waals surface area contributed by atoms with Crippen LogP contribution in [0.15, 0.2) is 29.1 Å². The van der Waals surface area contributed by atoms with Crippen molar-refractivity contribution < 1.29 is 0 Å². The van der Waals surface area contributed by atoms with E-state index in [-0.39, 0.29) is 0 Å². The Morgan fingerprint density at radius 1 is 1.20 bits per heavy atom. The molecule has 0 spiro atoms. The lowest BCUT2D eigenvalue weighted by molar-refractivity contribution is 0.866. The van der Waals surface area contributed by atoms with Crippen LogP contribution in [0.4, 0.5) is 17.2 Å². The van der Waals surface area contributed by atoms with E-state index in [1.165, 1.54) is 5.69 Å². The topological polar surface area (TPSA) is 73.9 Å². The van der Waals surface area contributed by atoms with Gasteiger partial charge in [-0.1, -0.05) is 0 Å². The Morgan fingerprint density at radius 3 is 2.45 bits per heavy atom. The van der Waals surface area contributed by atoms with Crippen LogP contribution < -0.4 is 15.9 Å². The number of aromatic nitrogens is 3. The summed E-state index contributed by atoms with van der Waals surface area (Å²) in [7, 11) is 0. The summed E-state index contributed by atoms with van der Waals surface area (Å²) < 4.78 is 0. The van der Waals surface area contributed by atoms with Crippen molar-refractivity contribution in [3.63, 3.8) is 0 Å². The van der Waals surface area contributed by atoms with Gasteiger partial charge in [0.05, 0.1) is 0 Å². The number of hydrogen-bond acceptors (Lipinski definition) is 5. The molecule has 2 aromatic rings. The third-order valence-corrected chi connectivity index (χ3v) is 3.13. The van der Waals surface area contributed by atoms with Crippen molar-refractivity contribution in [2.75, 3.05) is 23.3 Å². The van der Waals surface area contributed by atoms with Crippen molar-refractivity contribution in [1.29, 1.82) is 0 Å². The molecule has 0 aliphatic rings. The Labute approximate surface area is 117 Å². The first-order valence-corrected chi connectivity index (χ1v) is 6.69. The molecular formula is C14H19N5O. The van der Waals surface area contributed by atoms with Gasteiger partial charge in [-0.05, 0) is 45.0 Å². The summed E-state index contributed by atoms with van der Waals surface area (Å²) in [5, 5.41) is 9.28. The molecule has 1 heterocycles. The molecule has 0 fully saturated rings. The first-order valence-electron chi connectivity index (χ1n) is 6.69. The van der Waals surface area contributed by atoms with E-state index in [2.05, 4.69) is 39.2 Å². The van der Waals surface area contributed by atoms with Crippen LogP contribution in [0, 0.1) is 6.92 Å². The fourth-order valence-electron chi connectivity index (χ4n) is 1.99. The number of aryl methyl sites for hydroxylation is 1. The summed E-state index contributed by atoms with van der Waals surface area (Å²) in [5.74, 6) is 0.476. The Morgan fingerprint density at radius 2 is 1.85 bits per heavy atom. The van der Waals surface area contributed by atoms with Gasteiger partial charge in [0.25, 0.3) is 0 Å². The third kappa shape index (κ3) is 3.14. The molecule has 0 bridgehead atoms. The second-order valence-electron chi connectivity index (χ2n) is 4.42. The molecule has 6 heteroatoms. The van der Waals surface area contributed by atoms with Crippen LogP contribution in [0.25, 0.3) is 0 Å². The van der Waals surface area contributed by atoms with Crippen LogP contribution in [0.5, 0.6) is 0 Å². The lowest BCUT2D eigenvalue weighted by atomic mass is 10.2. The van der Waals surface area contributed by atoms with E-state index in [1.54, 1.807) is 6.92 Å². The first-order chi connectivity index (χ1) is 9.63. The number of nitrogens with one attached hydrogen (secondary N) is 2. The number of aromatic amines is 1. The summed E-state index contributed by atoms with van der Waals surface area (Å²) in [6.45, 7) is 8.00. The zero-order chi connectivity index (χ0) is 14.5. The predicted molar refractivity (Wildman–Crippen MR) is 80.7 cm³/mol. The summed E-state index contributed by atoms with van der Waals surface area (Å²) in [6, 6.07) is 8.03. The fourth-order valence-corrected chi connectivity index (χ4v) is 1.99. The summed E-state index contributed by atoms with van der Waals surface area (Å²) in [5.41, 5.74) is 2.24. The molecule has 106 valence electrons. The van der Waals surface area contributed by atoms with Gasteiger partial charge in [0, 0.05) is 24.5 Å². The van der Waals surface area contributed by atoms with Gasteiger partial charge in [-0.25, -0.2) is 9.89 Å². The predicted octanol–water partition coefficient (Wildman–Crippen LogP) is 2.06. The lowest BCUT2D eigenvalue weighted by Crippen LogP contribution is -2.21. The highest BCUT2D eigenvalue weighted by Crippen LogP contribution is 2.20. The zero-order valence-electron chi connectivity index (χ0n) is 12.0. The van der Waals surface area contributed by atoms with Crippen LogP contribution in [0.2, 0.25) is 0 Å². The molecule has 0 saturated carbocycles. The Bertz CT molecular complexity index is 616. The minimum atomic E-state index is -0.460. The molecule has 20 heavy (non-hydrogen) atoms. The zero-order valence-corrected chi connectivity index (χ0v) is 12.0. The third-order valence-electron chi connectivity index (χ3n) is 3.13. The molecule has 0 unspecified atom stereocenters. The van der Waals surface area contributed by atoms with Gasteiger partial charge in [0.15, 0.2) is 5.82 Å². The van der Waals surface area contributed by atoms with Crippen LogP contribution in [-0.2, 0) is 0 Å². The van der Waals surface area contributed by atoms with E-state index in [0.29, 0.717) is 11.5 Å². The Hall–Kier alpha value is -2.37. The maximum Gasteiger partial charge on any atom is 0.363 e. The monoisotopic (exact) mass is 273 g/mol. The van der Waals surface area contributed by atoms with Crippen molar-refractivity contribution in [3.05, 3.63) is 40.4 Å². The molecule has 0 radical (unpaired) electrons. The van der Waals surface area contributed by atoms with Crippen LogP contribution in [0.3, 0.4) is 0 Å². The standard InChI is InChI=1S/C14H19N5O/c1-4-19(5-2)12-8-6-11(7-9-12)15-13-10(3)17-18-14(20)16-13/h6-9H,4-5H2,1-3H3,(H2,15,16,18,20). The van der Waals surface area contributed by atoms with Gasteiger partial charge >= 0.3 is 5.69 Å². The highest BCUT2D eigenvalue weighted by Gasteiger charge is 2.05. The van der Waals surface area contributed by atoms with E-state index in [1.807, 2.05) is 24.3 Å². The first kappa shape index (κ1) is 14.0. The average molecular weight is 273 g/mol.